The van der Waals surface area contributed by atoms with Crippen molar-refractivity contribution in [2.24, 2.45) is 21.1 Å². The van der Waals surface area contributed by atoms with E-state index in [0.717, 1.165) is 16.8 Å². The number of likely N-dealkylation sites (N-methyl/N-ethyl adjacent to an activating group) is 2. The van der Waals surface area contributed by atoms with E-state index in [4.69, 9.17) is 4.74 Å². The average molecular weight is 523 g/mol. The summed E-state index contributed by atoms with van der Waals surface area (Å²) in [6.45, 7) is 12.3. The molecule has 0 aliphatic heterocycles. The van der Waals surface area contributed by atoms with Gasteiger partial charge in [0.25, 0.3) is 0 Å². The maximum atomic E-state index is 12.3. The lowest BCUT2D eigenvalue weighted by Gasteiger charge is -2.27. The number of hydrogen-bond donors (Lipinski definition) is 0. The maximum absolute atomic E-state index is 12.3. The van der Waals surface area contributed by atoms with Gasteiger partial charge in [-0.05, 0) is 35.7 Å². The summed E-state index contributed by atoms with van der Waals surface area (Å²) >= 11 is 0. The van der Waals surface area contributed by atoms with Crippen LogP contribution in [0.4, 0.5) is 16.2 Å². The number of carbonyl (C=O) groups excluding carboxylic acids is 3. The van der Waals surface area contributed by atoms with Gasteiger partial charge in [-0.25, -0.2) is 4.79 Å². The van der Waals surface area contributed by atoms with Crippen molar-refractivity contribution in [2.45, 2.75) is 61.0 Å². The quantitative estimate of drug-likeness (QED) is 0.324. The number of Topliss-reactive ketones (excluding diaryl/α,β-unsaturated/α-hetero) is 1. The highest BCUT2D eigenvalue weighted by Crippen LogP contribution is 2.26. The SMILES string of the molecule is CN(CCN(C)C(=O)C(C)(C)C)C(=O)OCc1ccc(N=Nc2ccccc2CCC(=O)C(C)(C)C)cc1. The molecule has 0 spiro atoms. The van der Waals surface area contributed by atoms with E-state index < -0.39 is 11.5 Å². The van der Waals surface area contributed by atoms with Crippen molar-refractivity contribution in [3.63, 3.8) is 0 Å². The van der Waals surface area contributed by atoms with Gasteiger partial charge in [-0.15, -0.1) is 0 Å². The van der Waals surface area contributed by atoms with Gasteiger partial charge in [0.15, 0.2) is 0 Å². The molecule has 206 valence electrons. The Morgan fingerprint density at radius 1 is 0.789 bits per heavy atom. The van der Waals surface area contributed by atoms with Gasteiger partial charge in [0.1, 0.15) is 12.4 Å². The number of hydrogen-bond acceptors (Lipinski definition) is 6. The molecule has 0 bridgehead atoms. The predicted molar refractivity (Wildman–Crippen MR) is 150 cm³/mol. The molecule has 2 aromatic carbocycles. The number of amides is 2. The van der Waals surface area contributed by atoms with Crippen LogP contribution in [0, 0.1) is 10.8 Å². The number of azo groups is 1. The van der Waals surface area contributed by atoms with Crippen LogP contribution < -0.4 is 0 Å². The lowest BCUT2D eigenvalue weighted by molar-refractivity contribution is -0.138. The van der Waals surface area contributed by atoms with Gasteiger partial charge in [0.05, 0.1) is 11.4 Å². The molecule has 0 N–H and O–H groups in total. The molecular weight excluding hydrogens is 480 g/mol. The molecule has 2 aromatic rings. The summed E-state index contributed by atoms with van der Waals surface area (Å²) in [6.07, 6.45) is 0.629. The summed E-state index contributed by atoms with van der Waals surface area (Å²) in [5.41, 5.74) is 2.40. The van der Waals surface area contributed by atoms with Gasteiger partial charge in [-0.1, -0.05) is 71.9 Å². The third-order valence-corrected chi connectivity index (χ3v) is 6.09. The Bertz CT molecular complexity index is 1130. The minimum absolute atomic E-state index is 0.0237. The van der Waals surface area contributed by atoms with Gasteiger partial charge in [0.2, 0.25) is 5.91 Å². The van der Waals surface area contributed by atoms with Crippen molar-refractivity contribution >= 4 is 29.2 Å². The number of nitrogens with zero attached hydrogens (tertiary/aromatic N) is 4. The van der Waals surface area contributed by atoms with Gasteiger partial charge < -0.3 is 14.5 Å². The highest BCUT2D eigenvalue weighted by molar-refractivity contribution is 5.84. The van der Waals surface area contributed by atoms with Crippen LogP contribution in [-0.2, 0) is 27.4 Å². The van der Waals surface area contributed by atoms with E-state index in [-0.39, 0.29) is 23.7 Å². The molecule has 0 aliphatic rings. The predicted octanol–water partition coefficient (Wildman–Crippen LogP) is 6.72. The maximum Gasteiger partial charge on any atom is 0.409 e. The molecule has 0 heterocycles. The third-order valence-electron chi connectivity index (χ3n) is 6.09. The molecule has 38 heavy (non-hydrogen) atoms. The first-order valence-electron chi connectivity index (χ1n) is 12.9. The Balaban J connectivity index is 1.88. The highest BCUT2D eigenvalue weighted by Gasteiger charge is 2.25. The molecule has 0 aromatic heterocycles. The zero-order valence-corrected chi connectivity index (χ0v) is 24.1. The smallest absolute Gasteiger partial charge is 0.409 e. The standard InChI is InChI=1S/C30H42N4O4/c1-29(2,3)26(35)18-15-23-11-9-10-12-25(23)32-31-24-16-13-22(14-17-24)21-38-28(37)34(8)20-19-33(7)27(36)30(4,5)6/h9-14,16-17H,15,18-21H2,1-8H3. The molecular formula is C30H42N4O4. The molecule has 2 amide bonds. The average Bonchev–Trinajstić information content (AvgIpc) is 2.86. The van der Waals surface area contributed by atoms with Crippen molar-refractivity contribution < 1.29 is 19.1 Å². The monoisotopic (exact) mass is 522 g/mol. The van der Waals surface area contributed by atoms with Crippen LogP contribution in [0.2, 0.25) is 0 Å². The Labute approximate surface area is 227 Å². The lowest BCUT2D eigenvalue weighted by Crippen LogP contribution is -2.41. The van der Waals surface area contributed by atoms with Crippen molar-refractivity contribution in [1.29, 1.82) is 0 Å². The van der Waals surface area contributed by atoms with Crippen molar-refractivity contribution in [3.05, 3.63) is 59.7 Å². The zero-order valence-electron chi connectivity index (χ0n) is 24.1. The second-order valence-electron chi connectivity index (χ2n) is 11.6. The summed E-state index contributed by atoms with van der Waals surface area (Å²) in [5.74, 6) is 0.241. The molecule has 2 rings (SSSR count). The largest absolute Gasteiger partial charge is 0.445 e. The van der Waals surface area contributed by atoms with E-state index >= 15 is 0 Å². The number of rotatable bonds is 10. The van der Waals surface area contributed by atoms with Gasteiger partial charge in [-0.3, -0.25) is 9.59 Å². The lowest BCUT2D eigenvalue weighted by atomic mass is 9.87. The fourth-order valence-corrected chi connectivity index (χ4v) is 3.53. The highest BCUT2D eigenvalue weighted by atomic mass is 16.6. The van der Waals surface area contributed by atoms with E-state index in [1.54, 1.807) is 19.0 Å². The summed E-state index contributed by atoms with van der Waals surface area (Å²) in [6, 6.07) is 15.0. The molecule has 8 nitrogen and oxygen atoms in total. The van der Waals surface area contributed by atoms with E-state index in [9.17, 15) is 14.4 Å². The first-order chi connectivity index (χ1) is 17.7. The summed E-state index contributed by atoms with van der Waals surface area (Å²) in [7, 11) is 3.39. The van der Waals surface area contributed by atoms with Crippen LogP contribution in [0.5, 0.6) is 0 Å². The second-order valence-corrected chi connectivity index (χ2v) is 11.6. The normalized spacial score (nSPS) is 11.9. The third kappa shape index (κ3) is 9.72. The summed E-state index contributed by atoms with van der Waals surface area (Å²) < 4.78 is 5.41. The fourth-order valence-electron chi connectivity index (χ4n) is 3.53. The number of benzene rings is 2. The molecule has 0 unspecified atom stereocenters. The van der Waals surface area contributed by atoms with Crippen molar-refractivity contribution in [3.8, 4) is 0 Å². The number of ether oxygens (including phenoxy) is 1. The summed E-state index contributed by atoms with van der Waals surface area (Å²) in [4.78, 5) is 40.0. The molecule has 0 saturated heterocycles. The van der Waals surface area contributed by atoms with Crippen LogP contribution in [0.25, 0.3) is 0 Å². The molecule has 0 aliphatic carbocycles. The van der Waals surface area contributed by atoms with Crippen LogP contribution in [0.1, 0.15) is 59.1 Å². The number of aryl methyl sites for hydroxylation is 1. The van der Waals surface area contributed by atoms with E-state index in [0.29, 0.717) is 31.6 Å². The molecule has 0 fully saturated rings. The fraction of sp³-hybridized carbons (Fsp3) is 0.500. The van der Waals surface area contributed by atoms with E-state index in [1.165, 1.54) is 4.90 Å². The molecule has 0 radical (unpaired) electrons. The summed E-state index contributed by atoms with van der Waals surface area (Å²) in [5, 5.41) is 8.74. The Morgan fingerprint density at radius 3 is 2.00 bits per heavy atom. The Hall–Kier alpha value is -3.55. The van der Waals surface area contributed by atoms with Crippen molar-refractivity contribution in [1.82, 2.24) is 9.80 Å². The molecule has 8 heteroatoms. The topological polar surface area (TPSA) is 91.6 Å². The van der Waals surface area contributed by atoms with E-state index in [1.807, 2.05) is 90.1 Å². The van der Waals surface area contributed by atoms with E-state index in [2.05, 4.69) is 10.2 Å². The number of ketones is 1. The Morgan fingerprint density at radius 2 is 1.39 bits per heavy atom. The first-order valence-corrected chi connectivity index (χ1v) is 12.9. The number of carbonyl (C=O) groups is 3. The van der Waals surface area contributed by atoms with Crippen LogP contribution in [-0.4, -0.2) is 54.8 Å². The van der Waals surface area contributed by atoms with Gasteiger partial charge in [-0.2, -0.15) is 10.2 Å². The molecule has 0 saturated carbocycles. The zero-order chi connectivity index (χ0) is 28.5. The van der Waals surface area contributed by atoms with Crippen molar-refractivity contribution in [2.75, 3.05) is 27.2 Å². The van der Waals surface area contributed by atoms with Crippen LogP contribution >= 0.6 is 0 Å². The first kappa shape index (κ1) is 30.7. The second kappa shape index (κ2) is 13.3. The Kier molecular flexibility index (Phi) is 10.7. The van der Waals surface area contributed by atoms with Crippen LogP contribution in [0.3, 0.4) is 0 Å². The molecule has 0 atom stereocenters. The minimum atomic E-state index is -0.463. The van der Waals surface area contributed by atoms with Gasteiger partial charge >= 0.3 is 6.09 Å². The van der Waals surface area contributed by atoms with Crippen LogP contribution in [0.15, 0.2) is 58.8 Å². The minimum Gasteiger partial charge on any atom is -0.445 e. The van der Waals surface area contributed by atoms with Gasteiger partial charge in [0, 0.05) is 44.4 Å².